The molecule has 2 aromatic rings. The van der Waals surface area contributed by atoms with Crippen molar-refractivity contribution in [3.8, 4) is 0 Å². The maximum atomic E-state index is 11.7. The molecule has 2 nitrogen and oxygen atoms in total. The van der Waals surface area contributed by atoms with Gasteiger partial charge >= 0.3 is 0 Å². The first kappa shape index (κ1) is 12.5. The average Bonchev–Trinajstić information content (AvgIpc) is 2.70. The summed E-state index contributed by atoms with van der Waals surface area (Å²) in [7, 11) is 0. The highest BCUT2D eigenvalue weighted by Gasteiger charge is 2.08. The first-order valence-electron chi connectivity index (χ1n) is 5.54. The van der Waals surface area contributed by atoms with E-state index in [1.165, 1.54) is 4.70 Å². The van der Waals surface area contributed by atoms with Crippen LogP contribution < -0.4 is 5.32 Å². The summed E-state index contributed by atoms with van der Waals surface area (Å²) in [5.41, 5.74) is 0.931. The van der Waals surface area contributed by atoms with E-state index in [-0.39, 0.29) is 5.91 Å². The molecule has 0 atom stereocenters. The van der Waals surface area contributed by atoms with E-state index in [9.17, 15) is 4.79 Å². The molecule has 1 aromatic heterocycles. The molecule has 1 heterocycles. The maximum Gasteiger partial charge on any atom is 0.234 e. The van der Waals surface area contributed by atoms with Crippen LogP contribution in [-0.4, -0.2) is 16.9 Å². The van der Waals surface area contributed by atoms with E-state index in [0.717, 1.165) is 11.1 Å². The maximum absolute atomic E-state index is 11.7. The molecule has 4 heteroatoms. The standard InChI is InChI=1S/C13H15NOS2/c1-9(2)16-8-13(15)14-11-7-17-12-6-4-3-5-10(11)12/h3-7,9H,8H2,1-2H3,(H,14,15). The van der Waals surface area contributed by atoms with Gasteiger partial charge in [0.15, 0.2) is 0 Å². The molecule has 0 radical (unpaired) electrons. The van der Waals surface area contributed by atoms with E-state index in [2.05, 4.69) is 25.2 Å². The van der Waals surface area contributed by atoms with Gasteiger partial charge in [0.1, 0.15) is 0 Å². The van der Waals surface area contributed by atoms with Gasteiger partial charge in [-0.1, -0.05) is 32.0 Å². The number of amides is 1. The Morgan fingerprint density at radius 1 is 1.41 bits per heavy atom. The summed E-state index contributed by atoms with van der Waals surface area (Å²) < 4.78 is 1.21. The Morgan fingerprint density at radius 2 is 2.18 bits per heavy atom. The molecule has 0 saturated heterocycles. The molecule has 1 aromatic carbocycles. The van der Waals surface area contributed by atoms with E-state index < -0.39 is 0 Å². The Hall–Kier alpha value is -1.00. The highest BCUT2D eigenvalue weighted by Crippen LogP contribution is 2.29. The van der Waals surface area contributed by atoms with Crippen molar-refractivity contribution < 1.29 is 4.79 Å². The minimum atomic E-state index is 0.0762. The van der Waals surface area contributed by atoms with E-state index in [1.807, 2.05) is 23.6 Å². The fraction of sp³-hybridized carbons (Fsp3) is 0.308. The fourth-order valence-electron chi connectivity index (χ4n) is 1.50. The van der Waals surface area contributed by atoms with Crippen LogP contribution in [0.1, 0.15) is 13.8 Å². The first-order chi connectivity index (χ1) is 8.16. The van der Waals surface area contributed by atoms with Gasteiger partial charge in [0.25, 0.3) is 0 Å². The van der Waals surface area contributed by atoms with Crippen molar-refractivity contribution in [3.05, 3.63) is 29.6 Å². The van der Waals surface area contributed by atoms with Gasteiger partial charge in [-0.05, 0) is 11.3 Å². The van der Waals surface area contributed by atoms with Crippen LogP contribution in [-0.2, 0) is 4.79 Å². The summed E-state index contributed by atoms with van der Waals surface area (Å²) in [5, 5.41) is 6.58. The third-order valence-electron chi connectivity index (χ3n) is 2.30. The SMILES string of the molecule is CC(C)SCC(=O)Nc1csc2ccccc12. The number of rotatable bonds is 4. The van der Waals surface area contributed by atoms with E-state index >= 15 is 0 Å². The Kier molecular flexibility index (Phi) is 4.07. The van der Waals surface area contributed by atoms with Gasteiger partial charge in [-0.3, -0.25) is 4.79 Å². The lowest BCUT2D eigenvalue weighted by Gasteiger charge is -2.05. The Morgan fingerprint density at radius 3 is 2.94 bits per heavy atom. The quantitative estimate of drug-likeness (QED) is 0.906. The molecular formula is C13H15NOS2. The van der Waals surface area contributed by atoms with E-state index in [4.69, 9.17) is 0 Å². The molecule has 0 bridgehead atoms. The third-order valence-corrected chi connectivity index (χ3v) is 4.36. The summed E-state index contributed by atoms with van der Waals surface area (Å²) in [6, 6.07) is 8.11. The molecule has 1 amide bonds. The van der Waals surface area contributed by atoms with Gasteiger partial charge in [0.05, 0.1) is 11.4 Å². The molecule has 0 aliphatic heterocycles. The third kappa shape index (κ3) is 3.23. The van der Waals surface area contributed by atoms with Gasteiger partial charge < -0.3 is 5.32 Å². The van der Waals surface area contributed by atoms with Crippen molar-refractivity contribution in [2.24, 2.45) is 0 Å². The summed E-state index contributed by atoms with van der Waals surface area (Å²) in [6.45, 7) is 4.19. The number of nitrogens with one attached hydrogen (secondary N) is 1. The fourth-order valence-corrected chi connectivity index (χ4v) is 2.95. The highest BCUT2D eigenvalue weighted by molar-refractivity contribution is 8.00. The van der Waals surface area contributed by atoms with E-state index in [1.54, 1.807) is 23.1 Å². The number of benzene rings is 1. The van der Waals surface area contributed by atoms with Crippen LogP contribution in [0.2, 0.25) is 0 Å². The van der Waals surface area contributed by atoms with Gasteiger partial charge in [0.2, 0.25) is 5.91 Å². The van der Waals surface area contributed by atoms with Crippen LogP contribution in [0.4, 0.5) is 5.69 Å². The monoisotopic (exact) mass is 265 g/mol. The van der Waals surface area contributed by atoms with Crippen LogP contribution >= 0.6 is 23.1 Å². The lowest BCUT2D eigenvalue weighted by atomic mass is 10.2. The molecule has 90 valence electrons. The normalized spacial score (nSPS) is 11.0. The van der Waals surface area contributed by atoms with Crippen LogP contribution in [0.5, 0.6) is 0 Å². The van der Waals surface area contributed by atoms with Crippen molar-refractivity contribution in [1.82, 2.24) is 0 Å². The molecular weight excluding hydrogens is 250 g/mol. The van der Waals surface area contributed by atoms with Crippen molar-refractivity contribution in [2.75, 3.05) is 11.1 Å². The number of hydrogen-bond donors (Lipinski definition) is 1. The van der Waals surface area contributed by atoms with Crippen molar-refractivity contribution in [3.63, 3.8) is 0 Å². The number of carbonyl (C=O) groups excluding carboxylic acids is 1. The largest absolute Gasteiger partial charge is 0.324 e. The van der Waals surface area contributed by atoms with E-state index in [0.29, 0.717) is 11.0 Å². The van der Waals surface area contributed by atoms with Crippen molar-refractivity contribution >= 4 is 44.8 Å². The smallest absolute Gasteiger partial charge is 0.234 e. The molecule has 2 rings (SSSR count). The Bertz CT molecular complexity index is 519. The van der Waals surface area contributed by atoms with Crippen LogP contribution in [0, 0.1) is 0 Å². The Balaban J connectivity index is 2.06. The minimum absolute atomic E-state index is 0.0762. The molecule has 0 unspecified atom stereocenters. The second kappa shape index (κ2) is 5.56. The summed E-state index contributed by atoms with van der Waals surface area (Å²) in [4.78, 5) is 11.7. The lowest BCUT2D eigenvalue weighted by Crippen LogP contribution is -2.14. The van der Waals surface area contributed by atoms with Crippen LogP contribution in [0.3, 0.4) is 0 Å². The Labute approximate surface area is 109 Å². The second-order valence-corrected chi connectivity index (χ2v) is 6.53. The molecule has 0 saturated carbocycles. The predicted octanol–water partition coefficient (Wildman–Crippen LogP) is 3.98. The average molecular weight is 265 g/mol. The second-order valence-electron chi connectivity index (χ2n) is 4.05. The lowest BCUT2D eigenvalue weighted by molar-refractivity contribution is -0.113. The molecule has 0 fully saturated rings. The van der Waals surface area contributed by atoms with Gasteiger partial charge in [-0.25, -0.2) is 0 Å². The molecule has 0 aliphatic carbocycles. The molecule has 0 spiro atoms. The number of thiophene rings is 1. The zero-order valence-electron chi connectivity index (χ0n) is 9.90. The first-order valence-corrected chi connectivity index (χ1v) is 7.47. The molecule has 17 heavy (non-hydrogen) atoms. The number of anilines is 1. The number of carbonyl (C=O) groups is 1. The van der Waals surface area contributed by atoms with Gasteiger partial charge in [-0.2, -0.15) is 0 Å². The van der Waals surface area contributed by atoms with Crippen LogP contribution in [0.25, 0.3) is 10.1 Å². The van der Waals surface area contributed by atoms with Crippen molar-refractivity contribution in [2.45, 2.75) is 19.1 Å². The van der Waals surface area contributed by atoms with Crippen LogP contribution in [0.15, 0.2) is 29.6 Å². The topological polar surface area (TPSA) is 29.1 Å². The zero-order valence-corrected chi connectivity index (χ0v) is 11.5. The van der Waals surface area contributed by atoms with Crippen molar-refractivity contribution in [1.29, 1.82) is 0 Å². The number of hydrogen-bond acceptors (Lipinski definition) is 3. The van der Waals surface area contributed by atoms with Gasteiger partial charge in [0, 0.05) is 15.5 Å². The summed E-state index contributed by atoms with van der Waals surface area (Å²) in [6.07, 6.45) is 0. The summed E-state index contributed by atoms with van der Waals surface area (Å²) >= 11 is 3.32. The summed E-state index contributed by atoms with van der Waals surface area (Å²) in [5.74, 6) is 0.592. The minimum Gasteiger partial charge on any atom is -0.324 e. The number of thioether (sulfide) groups is 1. The number of fused-ring (bicyclic) bond motifs is 1. The van der Waals surface area contributed by atoms with Gasteiger partial charge in [-0.15, -0.1) is 23.1 Å². The predicted molar refractivity (Wildman–Crippen MR) is 78.0 cm³/mol. The zero-order chi connectivity index (χ0) is 12.3. The molecule has 1 N–H and O–H groups in total. The molecule has 0 aliphatic rings. The highest BCUT2D eigenvalue weighted by atomic mass is 32.2.